The van der Waals surface area contributed by atoms with Gasteiger partial charge in [-0.2, -0.15) is 0 Å². The lowest BCUT2D eigenvalue weighted by molar-refractivity contribution is 0.0378. The lowest BCUT2D eigenvalue weighted by Crippen LogP contribution is -2.38. The van der Waals surface area contributed by atoms with Gasteiger partial charge in [0, 0.05) is 18.7 Å². The Balaban J connectivity index is 0.00000196. The molecule has 1 saturated heterocycles. The van der Waals surface area contributed by atoms with E-state index in [1.165, 1.54) is 12.1 Å². The van der Waals surface area contributed by atoms with Gasteiger partial charge in [0.15, 0.2) is 0 Å². The monoisotopic (exact) mass is 377 g/mol. The fourth-order valence-corrected chi connectivity index (χ4v) is 3.20. The molecule has 1 fully saturated rings. The Hall–Kier alpha value is -1.92. The van der Waals surface area contributed by atoms with Gasteiger partial charge >= 0.3 is 0 Å². The van der Waals surface area contributed by atoms with Crippen molar-refractivity contribution in [3.63, 3.8) is 0 Å². The van der Waals surface area contributed by atoms with Gasteiger partial charge in [0.1, 0.15) is 23.4 Å². The number of benzene rings is 2. The number of ether oxygens (including phenoxy) is 2. The van der Waals surface area contributed by atoms with E-state index >= 15 is 0 Å². The van der Waals surface area contributed by atoms with Crippen molar-refractivity contribution in [2.75, 3.05) is 32.8 Å². The number of fused-ring (bicyclic) bond motifs is 1. The van der Waals surface area contributed by atoms with Gasteiger partial charge in [-0.05, 0) is 41.5 Å². The van der Waals surface area contributed by atoms with Crippen LogP contribution < -0.4 is 4.74 Å². The molecular weight excluding hydrogens is 357 g/mol. The predicted molar refractivity (Wildman–Crippen MR) is 100 cm³/mol. The van der Waals surface area contributed by atoms with Gasteiger partial charge in [-0.25, -0.2) is 4.39 Å². The van der Waals surface area contributed by atoms with Crippen LogP contribution in [0.15, 0.2) is 54.3 Å². The summed E-state index contributed by atoms with van der Waals surface area (Å²) < 4.78 is 24.4. The Morgan fingerprint density at radius 3 is 2.46 bits per heavy atom. The summed E-state index contributed by atoms with van der Waals surface area (Å²) >= 11 is 0. The normalized spacial score (nSPS) is 19.8. The Kier molecular flexibility index (Phi) is 5.94. The van der Waals surface area contributed by atoms with Gasteiger partial charge < -0.3 is 14.6 Å². The molecule has 0 radical (unpaired) electrons. The fraction of sp³-hybridized carbons (Fsp3) is 0.300. The highest BCUT2D eigenvalue weighted by atomic mass is 35.5. The zero-order valence-corrected chi connectivity index (χ0v) is 15.0. The van der Waals surface area contributed by atoms with Crippen molar-refractivity contribution in [3.05, 3.63) is 65.7 Å². The van der Waals surface area contributed by atoms with Crippen LogP contribution in [-0.4, -0.2) is 42.9 Å². The molecule has 1 atom stereocenters. The van der Waals surface area contributed by atoms with Gasteiger partial charge in [-0.1, -0.05) is 18.2 Å². The van der Waals surface area contributed by atoms with Crippen LogP contribution in [0.2, 0.25) is 0 Å². The lowest BCUT2D eigenvalue weighted by Gasteiger charge is -2.29. The van der Waals surface area contributed by atoms with Crippen molar-refractivity contribution in [2.24, 2.45) is 0 Å². The van der Waals surface area contributed by atoms with E-state index in [4.69, 9.17) is 9.47 Å². The van der Waals surface area contributed by atoms with E-state index < -0.39 is 6.10 Å². The van der Waals surface area contributed by atoms with Crippen LogP contribution in [0.25, 0.3) is 11.1 Å². The standard InChI is InChI=1S/C20H20FNO3.ClH/c21-16-4-1-14(2-5-16)15-3-6-20-18(11-15)19(23)12-17(25-20)13-22-7-9-24-10-8-22;/h1-6,11-12,19,23H,7-10,13H2;1H. The maximum Gasteiger partial charge on any atom is 0.133 e. The van der Waals surface area contributed by atoms with Crippen LogP contribution in [0.4, 0.5) is 4.39 Å². The number of nitrogens with zero attached hydrogens (tertiary/aromatic N) is 1. The van der Waals surface area contributed by atoms with Crippen LogP contribution in [0.3, 0.4) is 0 Å². The maximum absolute atomic E-state index is 13.1. The third kappa shape index (κ3) is 4.07. The molecule has 4 rings (SSSR count). The molecule has 2 aliphatic heterocycles. The molecule has 2 aromatic carbocycles. The smallest absolute Gasteiger partial charge is 0.133 e. The highest BCUT2D eigenvalue weighted by Gasteiger charge is 2.22. The lowest BCUT2D eigenvalue weighted by atomic mass is 9.98. The average Bonchev–Trinajstić information content (AvgIpc) is 2.63. The van der Waals surface area contributed by atoms with Gasteiger partial charge in [0.25, 0.3) is 0 Å². The van der Waals surface area contributed by atoms with Gasteiger partial charge in [0.05, 0.1) is 19.8 Å². The van der Waals surface area contributed by atoms with Crippen LogP contribution >= 0.6 is 12.4 Å². The SMILES string of the molecule is Cl.OC1C=C(CN2CCOCC2)Oc2ccc(-c3ccc(F)cc3)cc21. The molecule has 2 aromatic rings. The first-order chi connectivity index (χ1) is 12.2. The second-order valence-corrected chi connectivity index (χ2v) is 6.33. The number of hydrogen-bond acceptors (Lipinski definition) is 4. The molecule has 0 bridgehead atoms. The summed E-state index contributed by atoms with van der Waals surface area (Å²) in [5, 5.41) is 10.5. The van der Waals surface area contributed by atoms with Gasteiger partial charge in [-0.15, -0.1) is 12.4 Å². The minimum absolute atomic E-state index is 0. The molecule has 1 unspecified atom stereocenters. The second-order valence-electron chi connectivity index (χ2n) is 6.33. The third-order valence-corrected chi connectivity index (χ3v) is 4.57. The van der Waals surface area contributed by atoms with Crippen molar-refractivity contribution in [2.45, 2.75) is 6.10 Å². The van der Waals surface area contributed by atoms with Crippen molar-refractivity contribution < 1.29 is 19.0 Å². The Bertz CT molecular complexity index is 788. The minimum Gasteiger partial charge on any atom is -0.460 e. The summed E-state index contributed by atoms with van der Waals surface area (Å²) in [4.78, 5) is 2.25. The minimum atomic E-state index is -0.708. The fourth-order valence-electron chi connectivity index (χ4n) is 3.20. The van der Waals surface area contributed by atoms with Gasteiger partial charge in [0.2, 0.25) is 0 Å². The number of rotatable bonds is 3. The zero-order valence-electron chi connectivity index (χ0n) is 14.2. The van der Waals surface area contributed by atoms with Crippen molar-refractivity contribution in [3.8, 4) is 16.9 Å². The molecule has 2 aliphatic rings. The summed E-state index contributed by atoms with van der Waals surface area (Å²) in [5.41, 5.74) is 2.55. The second kappa shape index (κ2) is 8.18. The highest BCUT2D eigenvalue weighted by molar-refractivity contribution is 5.85. The molecule has 0 aromatic heterocycles. The molecule has 1 N–H and O–H groups in total. The number of aliphatic hydroxyl groups excluding tert-OH is 1. The van der Waals surface area contributed by atoms with E-state index in [9.17, 15) is 9.50 Å². The highest BCUT2D eigenvalue weighted by Crippen LogP contribution is 2.36. The molecule has 0 spiro atoms. The molecule has 2 heterocycles. The van der Waals surface area contributed by atoms with E-state index in [-0.39, 0.29) is 18.2 Å². The summed E-state index contributed by atoms with van der Waals surface area (Å²) in [6.45, 7) is 3.86. The van der Waals surface area contributed by atoms with Crippen LogP contribution in [0.5, 0.6) is 5.75 Å². The molecule has 0 aliphatic carbocycles. The van der Waals surface area contributed by atoms with Crippen LogP contribution in [0, 0.1) is 5.82 Å². The predicted octanol–water partition coefficient (Wildman–Crippen LogP) is 3.56. The summed E-state index contributed by atoms with van der Waals surface area (Å²) in [6, 6.07) is 12.0. The maximum atomic E-state index is 13.1. The van der Waals surface area contributed by atoms with Gasteiger partial charge in [-0.3, -0.25) is 4.90 Å². The van der Waals surface area contributed by atoms with E-state index in [1.54, 1.807) is 18.2 Å². The molecular formula is C20H21ClFNO3. The molecule has 0 saturated carbocycles. The largest absolute Gasteiger partial charge is 0.460 e. The first-order valence-corrected chi connectivity index (χ1v) is 8.46. The molecule has 26 heavy (non-hydrogen) atoms. The number of aliphatic hydroxyl groups is 1. The number of hydrogen-bond donors (Lipinski definition) is 1. The van der Waals surface area contributed by atoms with E-state index in [0.29, 0.717) is 12.3 Å². The average molecular weight is 378 g/mol. The first kappa shape index (κ1) is 18.9. The number of halogens is 2. The Labute approximate surface area is 158 Å². The first-order valence-electron chi connectivity index (χ1n) is 8.46. The van der Waals surface area contributed by atoms with Crippen LogP contribution in [-0.2, 0) is 4.74 Å². The van der Waals surface area contributed by atoms with E-state index in [1.807, 2.05) is 18.2 Å². The van der Waals surface area contributed by atoms with Crippen molar-refractivity contribution in [1.29, 1.82) is 0 Å². The summed E-state index contributed by atoms with van der Waals surface area (Å²) in [6.07, 6.45) is 1.05. The van der Waals surface area contributed by atoms with E-state index in [2.05, 4.69) is 4.90 Å². The Morgan fingerprint density at radius 2 is 1.73 bits per heavy atom. The summed E-state index contributed by atoms with van der Waals surface area (Å²) in [7, 11) is 0. The quantitative estimate of drug-likeness (QED) is 0.888. The molecule has 4 nitrogen and oxygen atoms in total. The zero-order chi connectivity index (χ0) is 17.2. The van der Waals surface area contributed by atoms with Crippen molar-refractivity contribution >= 4 is 12.4 Å². The molecule has 138 valence electrons. The van der Waals surface area contributed by atoms with Crippen molar-refractivity contribution in [1.82, 2.24) is 4.90 Å². The third-order valence-electron chi connectivity index (χ3n) is 4.57. The molecule has 0 amide bonds. The Morgan fingerprint density at radius 1 is 1.04 bits per heavy atom. The van der Waals surface area contributed by atoms with Crippen LogP contribution in [0.1, 0.15) is 11.7 Å². The number of morpholine rings is 1. The summed E-state index contributed by atoms with van der Waals surface area (Å²) in [5.74, 6) is 1.17. The molecule has 6 heteroatoms. The topological polar surface area (TPSA) is 41.9 Å². The van der Waals surface area contributed by atoms with E-state index in [0.717, 1.165) is 48.8 Å².